The third-order valence-corrected chi connectivity index (χ3v) is 2.41. The van der Waals surface area contributed by atoms with E-state index < -0.39 is 0 Å². The Morgan fingerprint density at radius 1 is 1.41 bits per heavy atom. The van der Waals surface area contributed by atoms with E-state index in [1.165, 1.54) is 0 Å². The van der Waals surface area contributed by atoms with Crippen LogP contribution in [0.15, 0.2) is 18.2 Å². The molecule has 3 N–H and O–H groups in total. The molecule has 0 saturated heterocycles. The number of ether oxygens (including phenoxy) is 1. The van der Waals surface area contributed by atoms with Crippen molar-refractivity contribution in [1.82, 2.24) is 4.90 Å². The molecular weight excluding hydrogens is 214 g/mol. The fourth-order valence-corrected chi connectivity index (χ4v) is 1.81. The van der Waals surface area contributed by atoms with Crippen molar-refractivity contribution in [3.05, 3.63) is 18.2 Å². The molecule has 1 unspecified atom stereocenters. The molecule has 0 amide bonds. The van der Waals surface area contributed by atoms with Gasteiger partial charge in [0.15, 0.2) is 0 Å². The molecule has 0 aliphatic rings. The maximum absolute atomic E-state index is 6.05. The lowest BCUT2D eigenvalue weighted by Crippen LogP contribution is -2.29. The van der Waals surface area contributed by atoms with Crippen LogP contribution in [0.5, 0.6) is 5.75 Å². The number of rotatable bonds is 6. The zero-order chi connectivity index (χ0) is 12.8. The van der Waals surface area contributed by atoms with Crippen LogP contribution in [-0.2, 0) is 0 Å². The highest BCUT2D eigenvalue weighted by Gasteiger charge is 2.09. The number of hydrogen-bond donors (Lipinski definition) is 2. The van der Waals surface area contributed by atoms with Gasteiger partial charge in [0, 0.05) is 12.6 Å². The quantitative estimate of drug-likeness (QED) is 0.743. The van der Waals surface area contributed by atoms with Gasteiger partial charge in [-0.15, -0.1) is 0 Å². The smallest absolute Gasteiger partial charge is 0.144 e. The van der Waals surface area contributed by atoms with Gasteiger partial charge in [0.25, 0.3) is 0 Å². The second-order valence-electron chi connectivity index (χ2n) is 4.46. The number of para-hydroxylation sites is 1. The van der Waals surface area contributed by atoms with Crippen molar-refractivity contribution in [2.75, 3.05) is 38.3 Å². The first-order chi connectivity index (χ1) is 8.04. The Bertz CT molecular complexity index is 353. The van der Waals surface area contributed by atoms with Crippen molar-refractivity contribution in [2.24, 2.45) is 0 Å². The molecule has 1 atom stereocenters. The molecule has 0 spiro atoms. The first kappa shape index (κ1) is 13.6. The maximum atomic E-state index is 6.05. The molecule has 0 aliphatic carbocycles. The van der Waals surface area contributed by atoms with Gasteiger partial charge < -0.3 is 20.7 Å². The Morgan fingerprint density at radius 3 is 2.71 bits per heavy atom. The Morgan fingerprint density at radius 2 is 2.12 bits per heavy atom. The van der Waals surface area contributed by atoms with Crippen LogP contribution in [0.1, 0.15) is 13.8 Å². The van der Waals surface area contributed by atoms with Crippen molar-refractivity contribution in [2.45, 2.75) is 19.9 Å². The average Bonchev–Trinajstić information content (AvgIpc) is 2.23. The summed E-state index contributed by atoms with van der Waals surface area (Å²) in [5.74, 6) is 0.745. The molecule has 1 rings (SSSR count). The van der Waals surface area contributed by atoms with Crippen LogP contribution >= 0.6 is 0 Å². The predicted octanol–water partition coefficient (Wildman–Crippen LogP) is 2.03. The molecule has 1 aromatic carbocycles. The third kappa shape index (κ3) is 4.15. The number of anilines is 2. The number of nitrogens with two attached hydrogens (primary N) is 1. The minimum absolute atomic E-state index is 0.337. The van der Waals surface area contributed by atoms with E-state index in [1.807, 2.05) is 25.1 Å². The number of nitrogens with one attached hydrogen (secondary N) is 1. The summed E-state index contributed by atoms with van der Waals surface area (Å²) in [6.45, 7) is 5.67. The topological polar surface area (TPSA) is 50.5 Å². The van der Waals surface area contributed by atoms with Gasteiger partial charge in [-0.3, -0.25) is 0 Å². The van der Waals surface area contributed by atoms with Gasteiger partial charge in [0.05, 0.1) is 18.0 Å². The molecule has 1 aromatic rings. The van der Waals surface area contributed by atoms with Gasteiger partial charge in [-0.25, -0.2) is 0 Å². The second kappa shape index (κ2) is 6.35. The zero-order valence-electron chi connectivity index (χ0n) is 11.2. The lowest BCUT2D eigenvalue weighted by molar-refractivity contribution is 0.342. The van der Waals surface area contributed by atoms with Crippen LogP contribution in [0, 0.1) is 0 Å². The minimum atomic E-state index is 0.337. The second-order valence-corrected chi connectivity index (χ2v) is 4.46. The van der Waals surface area contributed by atoms with E-state index >= 15 is 0 Å². The van der Waals surface area contributed by atoms with Crippen LogP contribution in [0.3, 0.4) is 0 Å². The van der Waals surface area contributed by atoms with Crippen molar-refractivity contribution < 1.29 is 4.74 Å². The van der Waals surface area contributed by atoms with Crippen molar-refractivity contribution in [3.8, 4) is 5.75 Å². The van der Waals surface area contributed by atoms with E-state index in [1.54, 1.807) is 0 Å². The van der Waals surface area contributed by atoms with Crippen molar-refractivity contribution in [3.63, 3.8) is 0 Å². The predicted molar refractivity (Wildman–Crippen MR) is 73.7 cm³/mol. The number of nitrogens with zero attached hydrogens (tertiary/aromatic N) is 1. The van der Waals surface area contributed by atoms with Crippen LogP contribution in [0.25, 0.3) is 0 Å². The lowest BCUT2D eigenvalue weighted by Gasteiger charge is -2.21. The normalized spacial score (nSPS) is 12.5. The van der Waals surface area contributed by atoms with Crippen molar-refractivity contribution >= 4 is 11.4 Å². The number of likely N-dealkylation sites (N-methyl/N-ethyl adjacent to an activating group) is 1. The highest BCUT2D eigenvalue weighted by Crippen LogP contribution is 2.29. The molecule has 0 aromatic heterocycles. The van der Waals surface area contributed by atoms with E-state index in [9.17, 15) is 0 Å². The Balaban J connectivity index is 2.73. The molecule has 96 valence electrons. The van der Waals surface area contributed by atoms with Gasteiger partial charge in [-0.2, -0.15) is 0 Å². The summed E-state index contributed by atoms with van der Waals surface area (Å²) < 4.78 is 5.46. The van der Waals surface area contributed by atoms with E-state index in [0.29, 0.717) is 18.3 Å². The standard InChI is InChI=1S/C13H23N3O/c1-5-17-12-8-6-7-11(13(12)14)15-10(2)9-16(3)4/h6-8,10,15H,5,9,14H2,1-4H3. The first-order valence-electron chi connectivity index (χ1n) is 5.97. The summed E-state index contributed by atoms with van der Waals surface area (Å²) in [7, 11) is 4.11. The van der Waals surface area contributed by atoms with Crippen LogP contribution in [-0.4, -0.2) is 38.2 Å². The largest absolute Gasteiger partial charge is 0.492 e. The number of hydrogen-bond acceptors (Lipinski definition) is 4. The number of benzene rings is 1. The number of nitrogen functional groups attached to an aromatic ring is 1. The summed E-state index contributed by atoms with van der Waals surface area (Å²) >= 11 is 0. The molecule has 0 radical (unpaired) electrons. The van der Waals surface area contributed by atoms with Gasteiger partial charge in [-0.1, -0.05) is 6.07 Å². The first-order valence-corrected chi connectivity index (χ1v) is 5.97. The third-order valence-electron chi connectivity index (χ3n) is 2.41. The lowest BCUT2D eigenvalue weighted by atomic mass is 10.2. The van der Waals surface area contributed by atoms with Crippen LogP contribution in [0.4, 0.5) is 11.4 Å². The van der Waals surface area contributed by atoms with E-state index in [2.05, 4.69) is 31.2 Å². The molecule has 0 bridgehead atoms. The molecular formula is C13H23N3O. The van der Waals surface area contributed by atoms with E-state index in [0.717, 1.165) is 18.0 Å². The molecule has 17 heavy (non-hydrogen) atoms. The van der Waals surface area contributed by atoms with Crippen LogP contribution < -0.4 is 15.8 Å². The average molecular weight is 237 g/mol. The molecule has 4 nitrogen and oxygen atoms in total. The summed E-state index contributed by atoms with van der Waals surface area (Å²) in [5.41, 5.74) is 7.66. The fraction of sp³-hybridized carbons (Fsp3) is 0.538. The monoisotopic (exact) mass is 237 g/mol. The maximum Gasteiger partial charge on any atom is 0.144 e. The molecule has 0 saturated carbocycles. The molecule has 0 aliphatic heterocycles. The summed E-state index contributed by atoms with van der Waals surface area (Å²) in [4.78, 5) is 2.14. The summed E-state index contributed by atoms with van der Waals surface area (Å²) in [5, 5.41) is 3.39. The summed E-state index contributed by atoms with van der Waals surface area (Å²) in [6.07, 6.45) is 0. The van der Waals surface area contributed by atoms with Gasteiger partial charge >= 0.3 is 0 Å². The SMILES string of the molecule is CCOc1cccc(NC(C)CN(C)C)c1N. The van der Waals surface area contributed by atoms with Gasteiger partial charge in [0.2, 0.25) is 0 Å². The van der Waals surface area contributed by atoms with Crippen molar-refractivity contribution in [1.29, 1.82) is 0 Å². The highest BCUT2D eigenvalue weighted by molar-refractivity contribution is 5.73. The summed E-state index contributed by atoms with van der Waals surface area (Å²) in [6, 6.07) is 6.15. The van der Waals surface area contributed by atoms with Gasteiger partial charge in [0.1, 0.15) is 5.75 Å². The minimum Gasteiger partial charge on any atom is -0.492 e. The van der Waals surface area contributed by atoms with E-state index in [-0.39, 0.29) is 0 Å². The van der Waals surface area contributed by atoms with Crippen LogP contribution in [0.2, 0.25) is 0 Å². The fourth-order valence-electron chi connectivity index (χ4n) is 1.81. The molecule has 0 fully saturated rings. The Labute approximate surface area is 104 Å². The molecule has 0 heterocycles. The van der Waals surface area contributed by atoms with Gasteiger partial charge in [-0.05, 0) is 40.1 Å². The molecule has 4 heteroatoms. The van der Waals surface area contributed by atoms with E-state index in [4.69, 9.17) is 10.5 Å². The zero-order valence-corrected chi connectivity index (χ0v) is 11.2. The highest BCUT2D eigenvalue weighted by atomic mass is 16.5. The Kier molecular flexibility index (Phi) is 5.10. The Hall–Kier alpha value is -1.42.